The van der Waals surface area contributed by atoms with E-state index < -0.39 is 0 Å². The minimum Gasteiger partial charge on any atom is -0.497 e. The van der Waals surface area contributed by atoms with E-state index in [-0.39, 0.29) is 17.9 Å². The van der Waals surface area contributed by atoms with Crippen molar-refractivity contribution in [2.75, 3.05) is 40.0 Å². The molecule has 0 radical (unpaired) electrons. The first-order valence-electron chi connectivity index (χ1n) is 11.3. The monoisotopic (exact) mass is 452 g/mol. The van der Waals surface area contributed by atoms with Crippen molar-refractivity contribution >= 4 is 18.0 Å². The minimum atomic E-state index is -0.291. The van der Waals surface area contributed by atoms with Crippen LogP contribution in [0.1, 0.15) is 35.2 Å². The number of morpholine rings is 1. The van der Waals surface area contributed by atoms with Crippen LogP contribution in [0.15, 0.2) is 59.7 Å². The molecule has 0 spiro atoms. The molecule has 2 N–H and O–H groups in total. The van der Waals surface area contributed by atoms with Gasteiger partial charge in [-0.3, -0.25) is 14.5 Å². The Morgan fingerprint density at radius 1 is 1.12 bits per heavy atom. The number of ether oxygens (including phenoxy) is 2. The van der Waals surface area contributed by atoms with Gasteiger partial charge in [0, 0.05) is 25.2 Å². The molecule has 8 heteroatoms. The molecule has 0 saturated carbocycles. The van der Waals surface area contributed by atoms with Crippen LogP contribution in [0.4, 0.5) is 0 Å². The molecule has 0 bridgehead atoms. The van der Waals surface area contributed by atoms with E-state index in [0.717, 1.165) is 24.2 Å². The van der Waals surface area contributed by atoms with Gasteiger partial charge < -0.3 is 14.8 Å². The van der Waals surface area contributed by atoms with E-state index in [4.69, 9.17) is 9.47 Å². The maximum Gasteiger partial charge on any atom is 0.257 e. The zero-order chi connectivity index (χ0) is 23.3. The summed E-state index contributed by atoms with van der Waals surface area (Å²) in [6, 6.07) is 16.3. The van der Waals surface area contributed by atoms with Crippen LogP contribution in [0.25, 0.3) is 0 Å². The third kappa shape index (κ3) is 8.00. The molecule has 1 unspecified atom stereocenters. The van der Waals surface area contributed by atoms with Crippen molar-refractivity contribution in [3.63, 3.8) is 0 Å². The van der Waals surface area contributed by atoms with Crippen LogP contribution in [0, 0.1) is 0 Å². The highest BCUT2D eigenvalue weighted by Gasteiger charge is 2.26. The molecule has 1 aliphatic rings. The van der Waals surface area contributed by atoms with Crippen LogP contribution in [-0.4, -0.2) is 68.9 Å². The predicted octanol–water partition coefficient (Wildman–Crippen LogP) is 2.45. The number of methoxy groups -OCH3 is 1. The van der Waals surface area contributed by atoms with Crippen LogP contribution in [0.5, 0.6) is 5.75 Å². The highest BCUT2D eigenvalue weighted by atomic mass is 16.5. The molecule has 1 heterocycles. The van der Waals surface area contributed by atoms with Gasteiger partial charge in [-0.05, 0) is 49.1 Å². The lowest BCUT2D eigenvalue weighted by atomic mass is 10.1. The molecule has 33 heavy (non-hydrogen) atoms. The molecule has 1 aliphatic heterocycles. The second kappa shape index (κ2) is 13.3. The van der Waals surface area contributed by atoms with Crippen molar-refractivity contribution in [3.05, 3.63) is 65.7 Å². The van der Waals surface area contributed by atoms with E-state index in [9.17, 15) is 9.59 Å². The molecular formula is C25H32N4O4. The van der Waals surface area contributed by atoms with Crippen LogP contribution in [0.2, 0.25) is 0 Å². The summed E-state index contributed by atoms with van der Waals surface area (Å²) in [6.07, 6.45) is 3.89. The van der Waals surface area contributed by atoms with E-state index >= 15 is 0 Å². The standard InChI is InChI=1S/C25H32N4O4/c1-32-22-11-7-8-20(18-22)19-27-28-25(31)23(29-14-16-33-17-15-29)12-5-6-13-26-24(30)21-9-3-2-4-10-21/h2-4,7-11,18-19,23H,5-6,12-17H2,1H3,(H,26,30)(H,28,31). The Bertz CT molecular complexity index is 914. The number of carbonyl (C=O) groups is 2. The van der Waals surface area contributed by atoms with Crippen molar-refractivity contribution in [2.24, 2.45) is 5.10 Å². The molecule has 8 nitrogen and oxygen atoms in total. The Hall–Kier alpha value is -3.23. The van der Waals surface area contributed by atoms with Crippen LogP contribution < -0.4 is 15.5 Å². The van der Waals surface area contributed by atoms with Gasteiger partial charge in [-0.25, -0.2) is 5.43 Å². The van der Waals surface area contributed by atoms with Gasteiger partial charge in [-0.2, -0.15) is 5.10 Å². The smallest absolute Gasteiger partial charge is 0.257 e. The number of hydrazone groups is 1. The van der Waals surface area contributed by atoms with Gasteiger partial charge in [0.2, 0.25) is 0 Å². The molecule has 0 aliphatic carbocycles. The Labute approximate surface area is 195 Å². The Balaban J connectivity index is 1.48. The summed E-state index contributed by atoms with van der Waals surface area (Å²) in [4.78, 5) is 27.2. The second-order valence-electron chi connectivity index (χ2n) is 7.79. The van der Waals surface area contributed by atoms with Gasteiger partial charge in [0.15, 0.2) is 0 Å². The van der Waals surface area contributed by atoms with Crippen LogP contribution in [0.3, 0.4) is 0 Å². The van der Waals surface area contributed by atoms with Crippen LogP contribution in [-0.2, 0) is 9.53 Å². The fourth-order valence-corrected chi connectivity index (χ4v) is 3.69. The number of amides is 2. The fraction of sp³-hybridized carbons (Fsp3) is 0.400. The van der Waals surface area contributed by atoms with E-state index in [0.29, 0.717) is 44.8 Å². The second-order valence-corrected chi connectivity index (χ2v) is 7.79. The number of unbranched alkanes of at least 4 members (excludes halogenated alkanes) is 1. The predicted molar refractivity (Wildman–Crippen MR) is 128 cm³/mol. The Morgan fingerprint density at radius 3 is 2.67 bits per heavy atom. The lowest BCUT2D eigenvalue weighted by molar-refractivity contribution is -0.128. The molecule has 1 atom stereocenters. The summed E-state index contributed by atoms with van der Waals surface area (Å²) in [6.45, 7) is 3.22. The van der Waals surface area contributed by atoms with Crippen molar-refractivity contribution in [3.8, 4) is 5.75 Å². The normalized spacial score (nSPS) is 15.2. The van der Waals surface area contributed by atoms with E-state index in [2.05, 4.69) is 20.7 Å². The average Bonchev–Trinajstić information content (AvgIpc) is 2.87. The molecule has 2 aromatic rings. The number of nitrogens with zero attached hydrogens (tertiary/aromatic N) is 2. The van der Waals surface area contributed by atoms with E-state index in [1.54, 1.807) is 25.5 Å². The number of nitrogens with one attached hydrogen (secondary N) is 2. The van der Waals surface area contributed by atoms with Crippen molar-refractivity contribution in [2.45, 2.75) is 25.3 Å². The maximum absolute atomic E-state index is 12.9. The first-order valence-corrected chi connectivity index (χ1v) is 11.3. The number of carbonyl (C=O) groups excluding carboxylic acids is 2. The van der Waals surface area contributed by atoms with Crippen molar-refractivity contribution in [1.29, 1.82) is 0 Å². The van der Waals surface area contributed by atoms with Crippen molar-refractivity contribution in [1.82, 2.24) is 15.6 Å². The number of hydrogen-bond donors (Lipinski definition) is 2. The zero-order valence-corrected chi connectivity index (χ0v) is 19.0. The van der Waals surface area contributed by atoms with Crippen LogP contribution >= 0.6 is 0 Å². The van der Waals surface area contributed by atoms with Gasteiger partial charge >= 0.3 is 0 Å². The fourth-order valence-electron chi connectivity index (χ4n) is 3.69. The minimum absolute atomic E-state index is 0.0787. The summed E-state index contributed by atoms with van der Waals surface area (Å²) >= 11 is 0. The quantitative estimate of drug-likeness (QED) is 0.310. The molecule has 1 fully saturated rings. The Morgan fingerprint density at radius 2 is 1.91 bits per heavy atom. The first-order chi connectivity index (χ1) is 16.2. The first kappa shape index (κ1) is 24.4. The highest BCUT2D eigenvalue weighted by molar-refractivity contribution is 5.94. The topological polar surface area (TPSA) is 92.3 Å². The summed E-state index contributed by atoms with van der Waals surface area (Å²) in [7, 11) is 1.61. The number of benzene rings is 2. The van der Waals surface area contributed by atoms with Gasteiger partial charge in [-0.15, -0.1) is 0 Å². The van der Waals surface area contributed by atoms with E-state index in [1.165, 1.54) is 0 Å². The zero-order valence-electron chi connectivity index (χ0n) is 19.0. The van der Waals surface area contributed by atoms with Gasteiger partial charge in [0.1, 0.15) is 5.75 Å². The average molecular weight is 453 g/mol. The van der Waals surface area contributed by atoms with Gasteiger partial charge in [0.05, 0.1) is 32.6 Å². The summed E-state index contributed by atoms with van der Waals surface area (Å²) < 4.78 is 10.6. The van der Waals surface area contributed by atoms with Gasteiger partial charge in [-0.1, -0.05) is 30.3 Å². The SMILES string of the molecule is COc1cccc(C=NNC(=O)C(CCCCNC(=O)c2ccccc2)N2CCOCC2)c1. The molecule has 1 saturated heterocycles. The third-order valence-corrected chi connectivity index (χ3v) is 5.50. The number of rotatable bonds is 11. The van der Waals surface area contributed by atoms with Crippen molar-refractivity contribution < 1.29 is 19.1 Å². The molecule has 0 aromatic heterocycles. The van der Waals surface area contributed by atoms with Gasteiger partial charge in [0.25, 0.3) is 11.8 Å². The maximum atomic E-state index is 12.9. The Kier molecular flexibility index (Phi) is 9.87. The lowest BCUT2D eigenvalue weighted by Gasteiger charge is -2.33. The highest BCUT2D eigenvalue weighted by Crippen LogP contribution is 2.13. The molecule has 2 aromatic carbocycles. The third-order valence-electron chi connectivity index (χ3n) is 5.50. The summed E-state index contributed by atoms with van der Waals surface area (Å²) in [5.74, 6) is 0.519. The molecular weight excluding hydrogens is 420 g/mol. The largest absolute Gasteiger partial charge is 0.497 e. The summed E-state index contributed by atoms with van der Waals surface area (Å²) in [5.41, 5.74) is 4.17. The summed E-state index contributed by atoms with van der Waals surface area (Å²) in [5, 5.41) is 7.08. The van der Waals surface area contributed by atoms with E-state index in [1.807, 2.05) is 42.5 Å². The number of hydrogen-bond acceptors (Lipinski definition) is 6. The lowest BCUT2D eigenvalue weighted by Crippen LogP contribution is -2.50. The molecule has 3 rings (SSSR count). The molecule has 176 valence electrons. The molecule has 2 amide bonds.